The van der Waals surface area contributed by atoms with Crippen molar-refractivity contribution >= 4 is 35.8 Å². The Morgan fingerprint density at radius 2 is 2.00 bits per heavy atom. The van der Waals surface area contributed by atoms with Gasteiger partial charge in [0.2, 0.25) is 5.91 Å². The molecular weight excluding hydrogens is 467 g/mol. The van der Waals surface area contributed by atoms with E-state index in [2.05, 4.69) is 22.5 Å². The number of aliphatic hydroxyl groups is 1. The van der Waals surface area contributed by atoms with Gasteiger partial charge in [-0.1, -0.05) is 37.3 Å². The number of aliphatic imine (C=N–C) groups is 1. The molecule has 1 aromatic carbocycles. The lowest BCUT2D eigenvalue weighted by Crippen LogP contribution is -2.42. The van der Waals surface area contributed by atoms with Crippen LogP contribution in [0.1, 0.15) is 52.0 Å². The minimum Gasteiger partial charge on any atom is -0.384 e. The summed E-state index contributed by atoms with van der Waals surface area (Å²) in [7, 11) is 0. The maximum absolute atomic E-state index is 12.0. The van der Waals surface area contributed by atoms with Crippen LogP contribution in [0.15, 0.2) is 35.3 Å². The van der Waals surface area contributed by atoms with E-state index in [1.807, 2.05) is 42.2 Å². The smallest absolute Gasteiger partial charge is 0.222 e. The fourth-order valence-corrected chi connectivity index (χ4v) is 3.46. The summed E-state index contributed by atoms with van der Waals surface area (Å²) < 4.78 is 0. The first-order valence-electron chi connectivity index (χ1n) is 10.1. The molecule has 0 spiro atoms. The quantitative estimate of drug-likeness (QED) is 0.276. The van der Waals surface area contributed by atoms with Gasteiger partial charge in [0, 0.05) is 32.1 Å². The first-order valence-corrected chi connectivity index (χ1v) is 10.1. The molecule has 1 saturated heterocycles. The molecule has 6 nitrogen and oxygen atoms in total. The van der Waals surface area contributed by atoms with Gasteiger partial charge in [-0.2, -0.15) is 0 Å². The number of benzene rings is 1. The van der Waals surface area contributed by atoms with Crippen LogP contribution in [0, 0.1) is 0 Å². The van der Waals surface area contributed by atoms with E-state index >= 15 is 0 Å². The van der Waals surface area contributed by atoms with E-state index < -0.39 is 5.60 Å². The number of amides is 1. The maximum atomic E-state index is 12.0. The number of carbonyl (C=O) groups is 1. The van der Waals surface area contributed by atoms with Crippen LogP contribution >= 0.6 is 24.0 Å². The number of guanidine groups is 1. The van der Waals surface area contributed by atoms with E-state index in [0.29, 0.717) is 12.4 Å². The molecule has 0 bridgehead atoms. The highest BCUT2D eigenvalue weighted by atomic mass is 127. The summed E-state index contributed by atoms with van der Waals surface area (Å²) >= 11 is 0. The van der Waals surface area contributed by atoms with Crippen LogP contribution in [0.2, 0.25) is 0 Å². The molecule has 0 aliphatic carbocycles. The van der Waals surface area contributed by atoms with Gasteiger partial charge in [0.15, 0.2) is 5.96 Å². The molecule has 1 aromatic rings. The van der Waals surface area contributed by atoms with Gasteiger partial charge in [-0.05, 0) is 38.7 Å². The van der Waals surface area contributed by atoms with E-state index in [1.165, 1.54) is 0 Å². The third-order valence-electron chi connectivity index (χ3n) is 5.08. The summed E-state index contributed by atoms with van der Waals surface area (Å²) in [5.74, 6) is 0.970. The van der Waals surface area contributed by atoms with E-state index in [9.17, 15) is 9.90 Å². The van der Waals surface area contributed by atoms with Gasteiger partial charge in [0.25, 0.3) is 0 Å². The molecule has 158 valence electrons. The SMILES string of the molecule is CCNC(=NCC(C)(O)c1ccccc1)NCCC(CC)N1CCCC1=O.I. The molecule has 3 N–H and O–H groups in total. The van der Waals surface area contributed by atoms with Crippen LogP contribution in [0.3, 0.4) is 0 Å². The Kier molecular flexibility index (Phi) is 10.8. The number of halogens is 1. The van der Waals surface area contributed by atoms with Gasteiger partial charge in [-0.3, -0.25) is 4.79 Å². The van der Waals surface area contributed by atoms with Crippen molar-refractivity contribution in [2.24, 2.45) is 4.99 Å². The summed E-state index contributed by atoms with van der Waals surface area (Å²) in [5, 5.41) is 17.3. The summed E-state index contributed by atoms with van der Waals surface area (Å²) in [4.78, 5) is 18.5. The zero-order valence-electron chi connectivity index (χ0n) is 17.3. The predicted molar refractivity (Wildman–Crippen MR) is 125 cm³/mol. The minimum atomic E-state index is -1.02. The maximum Gasteiger partial charge on any atom is 0.222 e. The second-order valence-corrected chi connectivity index (χ2v) is 7.30. The Labute approximate surface area is 186 Å². The molecular formula is C21H35IN4O2. The zero-order chi connectivity index (χ0) is 19.7. The highest BCUT2D eigenvalue weighted by Crippen LogP contribution is 2.20. The van der Waals surface area contributed by atoms with Crippen LogP contribution in [0.25, 0.3) is 0 Å². The summed E-state index contributed by atoms with van der Waals surface area (Å²) in [6.45, 7) is 8.57. The molecule has 28 heavy (non-hydrogen) atoms. The van der Waals surface area contributed by atoms with Crippen LogP contribution < -0.4 is 10.6 Å². The minimum absolute atomic E-state index is 0. The zero-order valence-corrected chi connectivity index (χ0v) is 19.6. The molecule has 2 unspecified atom stereocenters. The molecule has 1 aliphatic heterocycles. The number of carbonyl (C=O) groups excluding carboxylic acids is 1. The molecule has 0 saturated carbocycles. The van der Waals surface area contributed by atoms with Crippen molar-refractivity contribution in [2.75, 3.05) is 26.2 Å². The lowest BCUT2D eigenvalue weighted by molar-refractivity contribution is -0.129. The van der Waals surface area contributed by atoms with E-state index in [1.54, 1.807) is 6.92 Å². The second-order valence-electron chi connectivity index (χ2n) is 7.30. The number of nitrogens with one attached hydrogen (secondary N) is 2. The van der Waals surface area contributed by atoms with Crippen LogP contribution in [0.4, 0.5) is 0 Å². The Morgan fingerprint density at radius 3 is 2.57 bits per heavy atom. The monoisotopic (exact) mass is 502 g/mol. The molecule has 1 aliphatic rings. The lowest BCUT2D eigenvalue weighted by Gasteiger charge is -2.27. The second kappa shape index (κ2) is 12.3. The van der Waals surface area contributed by atoms with Gasteiger partial charge in [-0.25, -0.2) is 4.99 Å². The fourth-order valence-electron chi connectivity index (χ4n) is 3.46. The molecule has 2 rings (SSSR count). The highest BCUT2D eigenvalue weighted by molar-refractivity contribution is 14.0. The van der Waals surface area contributed by atoms with Gasteiger partial charge in [0.05, 0.1) is 6.54 Å². The Hall–Kier alpha value is -1.35. The van der Waals surface area contributed by atoms with Crippen molar-refractivity contribution in [1.82, 2.24) is 15.5 Å². The average Bonchev–Trinajstić information content (AvgIpc) is 3.10. The first kappa shape index (κ1) is 24.7. The normalized spacial score (nSPS) is 17.6. The largest absolute Gasteiger partial charge is 0.384 e. The number of nitrogens with zero attached hydrogens (tertiary/aromatic N) is 2. The van der Waals surface area contributed by atoms with Crippen molar-refractivity contribution in [3.05, 3.63) is 35.9 Å². The van der Waals surface area contributed by atoms with Crippen molar-refractivity contribution in [1.29, 1.82) is 0 Å². The molecule has 1 fully saturated rings. The summed E-state index contributed by atoms with van der Waals surface area (Å²) in [5.41, 5.74) is -0.166. The summed E-state index contributed by atoms with van der Waals surface area (Å²) in [6, 6.07) is 9.87. The van der Waals surface area contributed by atoms with Gasteiger partial charge >= 0.3 is 0 Å². The molecule has 7 heteroatoms. The van der Waals surface area contributed by atoms with Crippen LogP contribution in [-0.2, 0) is 10.4 Å². The van der Waals surface area contributed by atoms with E-state index in [0.717, 1.165) is 44.5 Å². The topological polar surface area (TPSA) is 77.0 Å². The standard InChI is InChI=1S/C21H34N4O2.HI/c1-4-18(25-15-9-12-19(25)26)13-14-23-20(22-5-2)24-16-21(3,27)17-10-7-6-8-11-17;/h6-8,10-11,18,27H,4-5,9,12-16H2,1-3H3,(H2,22,23,24);1H. The van der Waals surface area contributed by atoms with E-state index in [4.69, 9.17) is 0 Å². The molecule has 1 amide bonds. The van der Waals surface area contributed by atoms with Crippen LogP contribution in [0.5, 0.6) is 0 Å². The van der Waals surface area contributed by atoms with Crippen molar-refractivity contribution in [3.8, 4) is 0 Å². The van der Waals surface area contributed by atoms with E-state index in [-0.39, 0.29) is 42.5 Å². The van der Waals surface area contributed by atoms with Crippen molar-refractivity contribution < 1.29 is 9.90 Å². The highest BCUT2D eigenvalue weighted by Gasteiger charge is 2.26. The van der Waals surface area contributed by atoms with Crippen LogP contribution in [-0.4, -0.2) is 54.1 Å². The van der Waals surface area contributed by atoms with Gasteiger partial charge < -0.3 is 20.6 Å². The third-order valence-corrected chi connectivity index (χ3v) is 5.08. The Bertz CT molecular complexity index is 622. The average molecular weight is 502 g/mol. The number of likely N-dealkylation sites (tertiary alicyclic amines) is 1. The van der Waals surface area contributed by atoms with Gasteiger partial charge in [0.1, 0.15) is 5.60 Å². The molecule has 1 heterocycles. The van der Waals surface area contributed by atoms with Gasteiger partial charge in [-0.15, -0.1) is 24.0 Å². The summed E-state index contributed by atoms with van der Waals surface area (Å²) in [6.07, 6.45) is 3.51. The number of rotatable bonds is 9. The lowest BCUT2D eigenvalue weighted by atomic mass is 9.96. The van der Waals surface area contributed by atoms with Crippen molar-refractivity contribution in [2.45, 2.75) is 58.1 Å². The van der Waals surface area contributed by atoms with Crippen molar-refractivity contribution in [3.63, 3.8) is 0 Å². The third kappa shape index (κ3) is 7.24. The molecule has 0 aromatic heterocycles. The number of hydrogen-bond donors (Lipinski definition) is 3. The fraction of sp³-hybridized carbons (Fsp3) is 0.619. The Morgan fingerprint density at radius 1 is 1.29 bits per heavy atom. The Balaban J connectivity index is 0.00000392. The molecule has 0 radical (unpaired) electrons. The first-order chi connectivity index (χ1) is 13.0. The predicted octanol–water partition coefficient (Wildman–Crippen LogP) is 2.86. The molecule has 2 atom stereocenters. The number of hydrogen-bond acceptors (Lipinski definition) is 3.